The monoisotopic (exact) mass is 343 g/mol. The van der Waals surface area contributed by atoms with Gasteiger partial charge in [-0.2, -0.15) is 0 Å². The fraction of sp³-hybridized carbons (Fsp3) is 0.278. The summed E-state index contributed by atoms with van der Waals surface area (Å²) in [7, 11) is 0. The van der Waals surface area contributed by atoms with E-state index < -0.39 is 0 Å². The highest BCUT2D eigenvalue weighted by Crippen LogP contribution is 2.28. The quantitative estimate of drug-likeness (QED) is 0.770. The zero-order valence-corrected chi connectivity index (χ0v) is 13.5. The number of nitrogens with zero attached hydrogens (tertiary/aromatic N) is 1. The minimum atomic E-state index is 0.156. The molecule has 1 aliphatic rings. The van der Waals surface area contributed by atoms with Crippen LogP contribution in [0.3, 0.4) is 0 Å². The molecule has 0 radical (unpaired) electrons. The molecule has 0 aliphatic carbocycles. The molecule has 21 heavy (non-hydrogen) atoms. The number of rotatable bonds is 2. The molecule has 1 aliphatic heterocycles. The number of benzene rings is 2. The van der Waals surface area contributed by atoms with Gasteiger partial charge >= 0.3 is 0 Å². The number of carbonyl (C=O) groups excluding carboxylic acids is 1. The van der Waals surface area contributed by atoms with Gasteiger partial charge in [0.1, 0.15) is 0 Å². The van der Waals surface area contributed by atoms with Crippen molar-refractivity contribution in [2.45, 2.75) is 19.3 Å². The van der Waals surface area contributed by atoms with E-state index in [2.05, 4.69) is 22.0 Å². The van der Waals surface area contributed by atoms with Crippen molar-refractivity contribution in [3.63, 3.8) is 0 Å². The van der Waals surface area contributed by atoms with E-state index in [1.165, 1.54) is 6.42 Å². The van der Waals surface area contributed by atoms with Crippen molar-refractivity contribution >= 4 is 21.8 Å². The molecule has 0 bridgehead atoms. The van der Waals surface area contributed by atoms with Crippen LogP contribution in [0.25, 0.3) is 11.1 Å². The van der Waals surface area contributed by atoms with Crippen molar-refractivity contribution in [1.29, 1.82) is 0 Å². The highest BCUT2D eigenvalue weighted by atomic mass is 79.9. The molecule has 0 atom stereocenters. The van der Waals surface area contributed by atoms with Crippen LogP contribution in [-0.4, -0.2) is 23.9 Å². The zero-order chi connectivity index (χ0) is 14.7. The third kappa shape index (κ3) is 3.18. The highest BCUT2D eigenvalue weighted by molar-refractivity contribution is 9.10. The molecule has 2 aromatic rings. The van der Waals surface area contributed by atoms with Crippen LogP contribution in [0.1, 0.15) is 29.6 Å². The summed E-state index contributed by atoms with van der Waals surface area (Å²) in [6, 6.07) is 16.0. The second kappa shape index (κ2) is 6.44. The number of halogens is 1. The highest BCUT2D eigenvalue weighted by Gasteiger charge is 2.18. The van der Waals surface area contributed by atoms with Crippen LogP contribution in [0.4, 0.5) is 0 Å². The first-order valence-electron chi connectivity index (χ1n) is 7.40. The van der Waals surface area contributed by atoms with Crippen LogP contribution < -0.4 is 0 Å². The van der Waals surface area contributed by atoms with Gasteiger partial charge in [0.05, 0.1) is 0 Å². The molecule has 108 valence electrons. The number of amides is 1. The Kier molecular flexibility index (Phi) is 4.39. The fourth-order valence-corrected chi connectivity index (χ4v) is 3.31. The normalized spacial score (nSPS) is 15.0. The SMILES string of the molecule is O=C(c1cccc(-c2ccccc2Br)c1)N1CCCCC1. The van der Waals surface area contributed by atoms with Gasteiger partial charge in [-0.3, -0.25) is 4.79 Å². The van der Waals surface area contributed by atoms with Gasteiger partial charge in [-0.15, -0.1) is 0 Å². The summed E-state index contributed by atoms with van der Waals surface area (Å²) in [6.07, 6.45) is 3.48. The summed E-state index contributed by atoms with van der Waals surface area (Å²) < 4.78 is 1.05. The average molecular weight is 344 g/mol. The Morgan fingerprint density at radius 1 is 0.952 bits per heavy atom. The van der Waals surface area contributed by atoms with E-state index in [0.29, 0.717) is 0 Å². The number of hydrogen-bond acceptors (Lipinski definition) is 1. The summed E-state index contributed by atoms with van der Waals surface area (Å²) in [5, 5.41) is 0. The molecule has 0 N–H and O–H groups in total. The first-order chi connectivity index (χ1) is 10.3. The zero-order valence-electron chi connectivity index (χ0n) is 11.9. The third-order valence-corrected chi connectivity index (χ3v) is 4.63. The van der Waals surface area contributed by atoms with Crippen LogP contribution in [0.2, 0.25) is 0 Å². The lowest BCUT2D eigenvalue weighted by Crippen LogP contribution is -2.35. The molecule has 0 unspecified atom stereocenters. The van der Waals surface area contributed by atoms with Crippen LogP contribution in [0.15, 0.2) is 53.0 Å². The van der Waals surface area contributed by atoms with Gasteiger partial charge in [-0.05, 0) is 48.6 Å². The van der Waals surface area contributed by atoms with Crippen LogP contribution >= 0.6 is 15.9 Å². The fourth-order valence-electron chi connectivity index (χ4n) is 2.79. The summed E-state index contributed by atoms with van der Waals surface area (Å²) in [4.78, 5) is 14.6. The maximum Gasteiger partial charge on any atom is 0.253 e. The van der Waals surface area contributed by atoms with E-state index >= 15 is 0 Å². The lowest BCUT2D eigenvalue weighted by atomic mass is 10.0. The van der Waals surface area contributed by atoms with Crippen LogP contribution in [-0.2, 0) is 0 Å². The lowest BCUT2D eigenvalue weighted by Gasteiger charge is -2.26. The molecule has 2 nitrogen and oxygen atoms in total. The van der Waals surface area contributed by atoms with Crippen molar-refractivity contribution in [1.82, 2.24) is 4.90 Å². The summed E-state index contributed by atoms with van der Waals surface area (Å²) in [6.45, 7) is 1.77. The first-order valence-corrected chi connectivity index (χ1v) is 8.19. The average Bonchev–Trinajstić information content (AvgIpc) is 2.55. The maximum atomic E-state index is 12.6. The van der Waals surface area contributed by atoms with Gasteiger partial charge in [-0.1, -0.05) is 46.3 Å². The van der Waals surface area contributed by atoms with E-state index in [-0.39, 0.29) is 5.91 Å². The first kappa shape index (κ1) is 14.3. The molecular formula is C18H18BrNO. The Morgan fingerprint density at radius 2 is 1.71 bits per heavy atom. The Hall–Kier alpha value is -1.61. The molecule has 2 aromatic carbocycles. The topological polar surface area (TPSA) is 20.3 Å². The van der Waals surface area contributed by atoms with E-state index in [0.717, 1.165) is 47.1 Å². The van der Waals surface area contributed by atoms with Gasteiger partial charge in [0.15, 0.2) is 0 Å². The number of hydrogen-bond donors (Lipinski definition) is 0. The second-order valence-corrected chi connectivity index (χ2v) is 6.27. The third-order valence-electron chi connectivity index (χ3n) is 3.94. The molecule has 1 fully saturated rings. The molecule has 3 rings (SSSR count). The Morgan fingerprint density at radius 3 is 2.48 bits per heavy atom. The molecular weight excluding hydrogens is 326 g/mol. The lowest BCUT2D eigenvalue weighted by molar-refractivity contribution is 0.0724. The van der Waals surface area contributed by atoms with Crippen molar-refractivity contribution in [3.05, 3.63) is 58.6 Å². The molecule has 1 saturated heterocycles. The molecule has 0 aromatic heterocycles. The van der Waals surface area contributed by atoms with Crippen molar-refractivity contribution in [3.8, 4) is 11.1 Å². The van der Waals surface area contributed by atoms with Gasteiger partial charge in [0.2, 0.25) is 0 Å². The number of piperidine rings is 1. The Balaban J connectivity index is 1.89. The molecule has 1 amide bonds. The van der Waals surface area contributed by atoms with E-state index in [4.69, 9.17) is 0 Å². The predicted molar refractivity (Wildman–Crippen MR) is 89.3 cm³/mol. The number of likely N-dealkylation sites (tertiary alicyclic amines) is 1. The predicted octanol–water partition coefficient (Wildman–Crippen LogP) is 4.74. The molecule has 1 heterocycles. The van der Waals surface area contributed by atoms with E-state index in [1.807, 2.05) is 47.4 Å². The Bertz CT molecular complexity index is 647. The largest absolute Gasteiger partial charge is 0.339 e. The molecule has 0 saturated carbocycles. The van der Waals surface area contributed by atoms with Crippen molar-refractivity contribution in [2.24, 2.45) is 0 Å². The standard InChI is InChI=1S/C18H18BrNO/c19-17-10-3-2-9-16(17)14-7-6-8-15(13-14)18(21)20-11-4-1-5-12-20/h2-3,6-10,13H,1,4-5,11-12H2. The summed E-state index contributed by atoms with van der Waals surface area (Å²) in [5.41, 5.74) is 2.97. The smallest absolute Gasteiger partial charge is 0.253 e. The van der Waals surface area contributed by atoms with Gasteiger partial charge in [0, 0.05) is 23.1 Å². The molecule has 0 spiro atoms. The minimum Gasteiger partial charge on any atom is -0.339 e. The van der Waals surface area contributed by atoms with E-state index in [9.17, 15) is 4.79 Å². The van der Waals surface area contributed by atoms with E-state index in [1.54, 1.807) is 0 Å². The van der Waals surface area contributed by atoms with Gasteiger partial charge in [-0.25, -0.2) is 0 Å². The maximum absolute atomic E-state index is 12.6. The van der Waals surface area contributed by atoms with Crippen LogP contribution in [0.5, 0.6) is 0 Å². The van der Waals surface area contributed by atoms with Crippen molar-refractivity contribution in [2.75, 3.05) is 13.1 Å². The number of carbonyl (C=O) groups is 1. The van der Waals surface area contributed by atoms with Crippen molar-refractivity contribution < 1.29 is 4.79 Å². The molecule has 3 heteroatoms. The summed E-state index contributed by atoms with van der Waals surface area (Å²) >= 11 is 3.58. The second-order valence-electron chi connectivity index (χ2n) is 5.41. The van der Waals surface area contributed by atoms with Crippen LogP contribution in [0, 0.1) is 0 Å². The Labute approximate surface area is 133 Å². The van der Waals surface area contributed by atoms with Gasteiger partial charge < -0.3 is 4.90 Å². The minimum absolute atomic E-state index is 0.156. The van der Waals surface area contributed by atoms with Gasteiger partial charge in [0.25, 0.3) is 5.91 Å². The summed E-state index contributed by atoms with van der Waals surface area (Å²) in [5.74, 6) is 0.156.